The van der Waals surface area contributed by atoms with Crippen LogP contribution in [0.1, 0.15) is 25.3 Å². The van der Waals surface area contributed by atoms with Crippen LogP contribution < -0.4 is 5.32 Å². The van der Waals surface area contributed by atoms with Crippen LogP contribution in [0.15, 0.2) is 24.3 Å². The minimum atomic E-state index is -1.04. The zero-order chi connectivity index (χ0) is 13.7. The number of amides is 1. The molecule has 0 spiro atoms. The molecule has 5 nitrogen and oxygen atoms in total. The highest BCUT2D eigenvalue weighted by molar-refractivity contribution is 5.88. The molecular formula is C13H15NO4. The van der Waals surface area contributed by atoms with Crippen LogP contribution in [0.5, 0.6) is 0 Å². The molecule has 2 atom stereocenters. The summed E-state index contributed by atoms with van der Waals surface area (Å²) in [5.74, 6) is -2.70. The summed E-state index contributed by atoms with van der Waals surface area (Å²) in [6, 6.07) is 6.43. The minimum Gasteiger partial charge on any atom is -0.481 e. The molecule has 0 radical (unpaired) electrons. The van der Waals surface area contributed by atoms with Gasteiger partial charge in [0.15, 0.2) is 0 Å². The van der Waals surface area contributed by atoms with E-state index in [1.807, 2.05) is 0 Å². The van der Waals surface area contributed by atoms with Crippen molar-refractivity contribution in [2.24, 2.45) is 5.92 Å². The van der Waals surface area contributed by atoms with Gasteiger partial charge in [0.1, 0.15) is 6.29 Å². The van der Waals surface area contributed by atoms with Gasteiger partial charge in [-0.15, -0.1) is 0 Å². The number of hydrogen-bond acceptors (Lipinski definition) is 3. The molecule has 0 aliphatic carbocycles. The Morgan fingerprint density at radius 2 is 1.83 bits per heavy atom. The van der Waals surface area contributed by atoms with E-state index in [1.54, 1.807) is 31.2 Å². The number of aliphatic carboxylic acids is 1. The number of rotatable bonds is 5. The van der Waals surface area contributed by atoms with Gasteiger partial charge in [-0.2, -0.15) is 0 Å². The Morgan fingerprint density at radius 3 is 2.22 bits per heavy atom. The van der Waals surface area contributed by atoms with E-state index in [1.165, 1.54) is 6.92 Å². The number of carboxylic acids is 1. The normalized spacial score (nSPS) is 13.4. The van der Waals surface area contributed by atoms with Crippen molar-refractivity contribution in [3.8, 4) is 0 Å². The topological polar surface area (TPSA) is 83.5 Å². The van der Waals surface area contributed by atoms with Gasteiger partial charge in [-0.25, -0.2) is 0 Å². The van der Waals surface area contributed by atoms with Crippen LogP contribution in [0.3, 0.4) is 0 Å². The molecule has 0 saturated heterocycles. The van der Waals surface area contributed by atoms with Gasteiger partial charge in [-0.3, -0.25) is 9.59 Å². The molecule has 1 amide bonds. The molecule has 0 heterocycles. The Bertz CT molecular complexity index is 453. The third-order valence-corrected chi connectivity index (χ3v) is 2.60. The molecule has 1 aromatic carbocycles. The van der Waals surface area contributed by atoms with Crippen molar-refractivity contribution in [3.05, 3.63) is 29.8 Å². The highest BCUT2D eigenvalue weighted by Crippen LogP contribution is 2.25. The number of benzene rings is 1. The van der Waals surface area contributed by atoms with Crippen molar-refractivity contribution in [1.29, 1.82) is 0 Å². The maximum atomic E-state index is 11.1. The summed E-state index contributed by atoms with van der Waals surface area (Å²) in [7, 11) is 0. The summed E-state index contributed by atoms with van der Waals surface area (Å²) < 4.78 is 0. The number of hydrogen-bond donors (Lipinski definition) is 2. The van der Waals surface area contributed by atoms with Gasteiger partial charge in [0, 0.05) is 18.5 Å². The van der Waals surface area contributed by atoms with Crippen molar-refractivity contribution >= 4 is 23.9 Å². The monoisotopic (exact) mass is 249 g/mol. The van der Waals surface area contributed by atoms with Crippen LogP contribution >= 0.6 is 0 Å². The lowest BCUT2D eigenvalue weighted by Gasteiger charge is -2.16. The number of aldehydes is 1. The number of carbonyl (C=O) groups excluding carboxylic acids is 2. The van der Waals surface area contributed by atoms with Gasteiger partial charge >= 0.3 is 5.97 Å². The molecule has 2 unspecified atom stereocenters. The van der Waals surface area contributed by atoms with Gasteiger partial charge < -0.3 is 15.2 Å². The Kier molecular flexibility index (Phi) is 4.59. The van der Waals surface area contributed by atoms with Gasteiger partial charge in [-0.1, -0.05) is 19.1 Å². The molecule has 96 valence electrons. The molecule has 0 saturated carbocycles. The molecular weight excluding hydrogens is 234 g/mol. The molecule has 0 bridgehead atoms. The molecule has 0 aliphatic heterocycles. The van der Waals surface area contributed by atoms with Crippen LogP contribution in [0.25, 0.3) is 0 Å². The fourth-order valence-electron chi connectivity index (χ4n) is 1.73. The zero-order valence-corrected chi connectivity index (χ0v) is 10.2. The van der Waals surface area contributed by atoms with E-state index in [2.05, 4.69) is 5.32 Å². The molecule has 1 aromatic rings. The SMILES string of the molecule is CC(=O)Nc1ccc(C(C(=O)O)C(C)C=O)cc1. The minimum absolute atomic E-state index is 0.196. The van der Waals surface area contributed by atoms with Crippen molar-refractivity contribution < 1.29 is 19.5 Å². The van der Waals surface area contributed by atoms with Crippen molar-refractivity contribution in [2.75, 3.05) is 5.32 Å². The maximum absolute atomic E-state index is 11.1. The van der Waals surface area contributed by atoms with E-state index in [4.69, 9.17) is 5.11 Å². The quantitative estimate of drug-likeness (QED) is 0.777. The summed E-state index contributed by atoms with van der Waals surface area (Å²) in [6.07, 6.45) is 0.626. The van der Waals surface area contributed by atoms with Crippen LogP contribution in [0, 0.1) is 5.92 Å². The van der Waals surface area contributed by atoms with E-state index in [0.717, 1.165) is 0 Å². The first-order valence-electron chi connectivity index (χ1n) is 5.51. The standard InChI is InChI=1S/C13H15NO4/c1-8(7-15)12(13(17)18)10-3-5-11(6-4-10)14-9(2)16/h3-8,12H,1-2H3,(H,14,16)(H,17,18). The highest BCUT2D eigenvalue weighted by Gasteiger charge is 2.26. The summed E-state index contributed by atoms with van der Waals surface area (Å²) in [6.45, 7) is 2.95. The fourth-order valence-corrected chi connectivity index (χ4v) is 1.73. The van der Waals surface area contributed by atoms with Crippen molar-refractivity contribution in [2.45, 2.75) is 19.8 Å². The first kappa shape index (κ1) is 13.9. The predicted octanol–water partition coefficient (Wildman–Crippen LogP) is 1.65. The van der Waals surface area contributed by atoms with E-state index in [-0.39, 0.29) is 5.91 Å². The first-order chi connectivity index (χ1) is 8.45. The molecule has 0 aromatic heterocycles. The van der Waals surface area contributed by atoms with Gasteiger partial charge in [0.2, 0.25) is 5.91 Å². The fraction of sp³-hybridized carbons (Fsp3) is 0.308. The van der Waals surface area contributed by atoms with Gasteiger partial charge in [0.05, 0.1) is 5.92 Å². The molecule has 18 heavy (non-hydrogen) atoms. The number of nitrogens with one attached hydrogen (secondary N) is 1. The number of carbonyl (C=O) groups is 3. The molecule has 0 fully saturated rings. The lowest BCUT2D eigenvalue weighted by Crippen LogP contribution is -2.20. The van der Waals surface area contributed by atoms with E-state index in [0.29, 0.717) is 17.5 Å². The van der Waals surface area contributed by atoms with Crippen LogP contribution in [-0.2, 0) is 14.4 Å². The zero-order valence-electron chi connectivity index (χ0n) is 10.2. The van der Waals surface area contributed by atoms with Gasteiger partial charge in [-0.05, 0) is 17.7 Å². The Morgan fingerprint density at radius 1 is 1.28 bits per heavy atom. The van der Waals surface area contributed by atoms with E-state index < -0.39 is 17.8 Å². The van der Waals surface area contributed by atoms with Crippen LogP contribution in [0.2, 0.25) is 0 Å². The first-order valence-corrected chi connectivity index (χ1v) is 5.51. The highest BCUT2D eigenvalue weighted by atomic mass is 16.4. The number of carboxylic acid groups (broad SMARTS) is 1. The summed E-state index contributed by atoms with van der Waals surface area (Å²) in [5.41, 5.74) is 1.13. The second-order valence-corrected chi connectivity index (χ2v) is 4.11. The lowest BCUT2D eigenvalue weighted by atomic mass is 9.88. The van der Waals surface area contributed by atoms with Crippen LogP contribution in [-0.4, -0.2) is 23.3 Å². The second kappa shape index (κ2) is 5.95. The largest absolute Gasteiger partial charge is 0.481 e. The lowest BCUT2D eigenvalue weighted by molar-refractivity contribution is -0.141. The molecule has 2 N–H and O–H groups in total. The summed E-state index contributed by atoms with van der Waals surface area (Å²) >= 11 is 0. The Labute approximate surface area is 105 Å². The van der Waals surface area contributed by atoms with Crippen LogP contribution in [0.4, 0.5) is 5.69 Å². The third-order valence-electron chi connectivity index (χ3n) is 2.60. The molecule has 0 aliphatic rings. The summed E-state index contributed by atoms with van der Waals surface area (Å²) in [4.78, 5) is 32.7. The van der Waals surface area contributed by atoms with Crippen molar-refractivity contribution in [3.63, 3.8) is 0 Å². The van der Waals surface area contributed by atoms with Crippen molar-refractivity contribution in [1.82, 2.24) is 0 Å². The number of anilines is 1. The average molecular weight is 249 g/mol. The Balaban J connectivity index is 2.97. The van der Waals surface area contributed by atoms with E-state index in [9.17, 15) is 14.4 Å². The van der Waals surface area contributed by atoms with Gasteiger partial charge in [0.25, 0.3) is 0 Å². The average Bonchev–Trinajstić information content (AvgIpc) is 2.30. The Hall–Kier alpha value is -2.17. The predicted molar refractivity (Wildman–Crippen MR) is 66.4 cm³/mol. The second-order valence-electron chi connectivity index (χ2n) is 4.11. The smallest absolute Gasteiger partial charge is 0.311 e. The molecule has 5 heteroatoms. The summed E-state index contributed by atoms with van der Waals surface area (Å²) in [5, 5.41) is 11.7. The third kappa shape index (κ3) is 3.41. The maximum Gasteiger partial charge on any atom is 0.311 e. The van der Waals surface area contributed by atoms with E-state index >= 15 is 0 Å². The molecule has 1 rings (SSSR count).